The molecular weight excluding hydrogens is 442 g/mol. The molecule has 0 aromatic heterocycles. The molecule has 1 N–H and O–H groups in total. The van der Waals surface area contributed by atoms with Crippen molar-refractivity contribution in [2.75, 3.05) is 20.3 Å². The number of aryl methyl sites for hydroxylation is 2. The molecule has 2 aromatic rings. The predicted molar refractivity (Wildman–Crippen MR) is 126 cm³/mol. The quantitative estimate of drug-likeness (QED) is 0.325. The summed E-state index contributed by atoms with van der Waals surface area (Å²) in [7, 11) is 1.55. The van der Waals surface area contributed by atoms with Crippen molar-refractivity contribution in [3.63, 3.8) is 0 Å². The highest BCUT2D eigenvalue weighted by atomic mass is 35.5. The van der Waals surface area contributed by atoms with E-state index >= 15 is 0 Å². The van der Waals surface area contributed by atoms with Gasteiger partial charge in [0.15, 0.2) is 11.5 Å². The number of thioether (sulfide) groups is 1. The Kier molecular flexibility index (Phi) is 7.64. The number of carbonyl (C=O) groups is 1. The fourth-order valence-corrected chi connectivity index (χ4v) is 4.23. The van der Waals surface area contributed by atoms with Crippen molar-refractivity contribution in [1.82, 2.24) is 5.32 Å². The number of methoxy groups -OCH3 is 1. The lowest BCUT2D eigenvalue weighted by Gasteiger charge is -2.14. The molecule has 8 heteroatoms. The second kappa shape index (κ2) is 10.2. The van der Waals surface area contributed by atoms with Gasteiger partial charge in [-0.25, -0.2) is 0 Å². The fourth-order valence-electron chi connectivity index (χ4n) is 2.91. The van der Waals surface area contributed by atoms with Crippen LogP contribution < -0.4 is 19.5 Å². The highest BCUT2D eigenvalue weighted by Gasteiger charge is 2.22. The van der Waals surface area contributed by atoms with Crippen LogP contribution in [0.1, 0.15) is 23.1 Å². The van der Waals surface area contributed by atoms with Gasteiger partial charge in [-0.1, -0.05) is 53.3 Å². The number of carbonyl (C=O) groups excluding carboxylic acids is 1. The smallest absolute Gasteiger partial charge is 0.263 e. The average Bonchev–Trinajstić information content (AvgIpc) is 3.00. The first-order valence-corrected chi connectivity index (χ1v) is 10.9. The lowest BCUT2D eigenvalue weighted by Crippen LogP contribution is -2.17. The molecule has 0 atom stereocenters. The molecule has 2 aromatic carbocycles. The summed E-state index contributed by atoms with van der Waals surface area (Å²) in [5.74, 6) is 1.62. The largest absolute Gasteiger partial charge is 0.493 e. The molecule has 3 rings (SSSR count). The molecule has 0 unspecified atom stereocenters. The van der Waals surface area contributed by atoms with Gasteiger partial charge in [0.1, 0.15) is 10.1 Å². The summed E-state index contributed by atoms with van der Waals surface area (Å²) in [4.78, 5) is 12.4. The Labute approximate surface area is 190 Å². The molecule has 1 aliphatic rings. The van der Waals surface area contributed by atoms with Gasteiger partial charge in [0.05, 0.1) is 30.3 Å². The van der Waals surface area contributed by atoms with Gasteiger partial charge in [-0.3, -0.25) is 4.79 Å². The standard InChI is InChI=1S/C22H22ClNO4S2/c1-13-5-6-17(14(2)9-13)27-7-4-8-28-20-16(23)10-15(11-18(20)26-3)12-19-21(25)24-22(29)30-19/h5-6,9-12H,4,7-8H2,1-3H3,(H,24,25,29). The number of thiocarbonyl (C=S) groups is 1. The van der Waals surface area contributed by atoms with Crippen molar-refractivity contribution in [1.29, 1.82) is 0 Å². The molecule has 5 nitrogen and oxygen atoms in total. The van der Waals surface area contributed by atoms with Crippen molar-refractivity contribution >= 4 is 51.9 Å². The summed E-state index contributed by atoms with van der Waals surface area (Å²) in [5.41, 5.74) is 3.05. The zero-order chi connectivity index (χ0) is 21.7. The van der Waals surface area contributed by atoms with E-state index in [0.717, 1.165) is 16.9 Å². The molecular formula is C22H22ClNO4S2. The van der Waals surface area contributed by atoms with Gasteiger partial charge < -0.3 is 19.5 Å². The summed E-state index contributed by atoms with van der Waals surface area (Å²) in [6.07, 6.45) is 2.40. The number of amides is 1. The van der Waals surface area contributed by atoms with Crippen molar-refractivity contribution in [3.8, 4) is 17.2 Å². The van der Waals surface area contributed by atoms with Crippen molar-refractivity contribution in [2.45, 2.75) is 20.3 Å². The Balaban J connectivity index is 1.60. The lowest BCUT2D eigenvalue weighted by molar-refractivity contribution is -0.115. The number of hydrogen-bond acceptors (Lipinski definition) is 6. The summed E-state index contributed by atoms with van der Waals surface area (Å²) in [6.45, 7) is 5.04. The molecule has 158 valence electrons. The number of ether oxygens (including phenoxy) is 3. The molecule has 1 heterocycles. The Morgan fingerprint density at radius 1 is 1.13 bits per heavy atom. The predicted octanol–water partition coefficient (Wildman–Crippen LogP) is 5.30. The molecule has 0 spiro atoms. The van der Waals surface area contributed by atoms with Crippen LogP contribution in [0.15, 0.2) is 35.2 Å². The summed E-state index contributed by atoms with van der Waals surface area (Å²) >= 11 is 12.6. The second-order valence-electron chi connectivity index (χ2n) is 6.71. The van der Waals surface area contributed by atoms with Gasteiger partial charge in [0.2, 0.25) is 0 Å². The molecule has 1 fully saturated rings. The van der Waals surface area contributed by atoms with Crippen LogP contribution in [0.5, 0.6) is 17.2 Å². The van der Waals surface area contributed by atoms with E-state index in [0.29, 0.717) is 45.4 Å². The minimum atomic E-state index is -0.218. The highest BCUT2D eigenvalue weighted by molar-refractivity contribution is 8.26. The van der Waals surface area contributed by atoms with Crippen LogP contribution in [0.4, 0.5) is 0 Å². The van der Waals surface area contributed by atoms with Crippen LogP contribution in [0.3, 0.4) is 0 Å². The van der Waals surface area contributed by atoms with Gasteiger partial charge in [0.25, 0.3) is 5.91 Å². The van der Waals surface area contributed by atoms with Crippen LogP contribution in [0.25, 0.3) is 6.08 Å². The van der Waals surface area contributed by atoms with Crippen molar-refractivity contribution < 1.29 is 19.0 Å². The SMILES string of the molecule is COc1cc(C=C2SC(=S)NC2=O)cc(Cl)c1OCCCOc1ccc(C)cc1C. The minimum absolute atomic E-state index is 0.218. The van der Waals surface area contributed by atoms with E-state index in [1.165, 1.54) is 17.3 Å². The van der Waals surface area contributed by atoms with Crippen LogP contribution in [-0.2, 0) is 4.79 Å². The first kappa shape index (κ1) is 22.5. The molecule has 0 aliphatic carbocycles. The van der Waals surface area contributed by atoms with E-state index in [1.54, 1.807) is 25.3 Å². The Bertz CT molecular complexity index is 1010. The van der Waals surface area contributed by atoms with Gasteiger partial charge in [-0.15, -0.1) is 0 Å². The van der Waals surface area contributed by atoms with E-state index in [4.69, 9.17) is 38.0 Å². The van der Waals surface area contributed by atoms with E-state index in [9.17, 15) is 4.79 Å². The molecule has 1 amide bonds. The highest BCUT2D eigenvalue weighted by Crippen LogP contribution is 2.38. The van der Waals surface area contributed by atoms with E-state index in [2.05, 4.69) is 18.3 Å². The molecule has 0 bridgehead atoms. The molecule has 1 saturated heterocycles. The first-order chi connectivity index (χ1) is 14.4. The van der Waals surface area contributed by atoms with E-state index in [1.807, 2.05) is 19.1 Å². The topological polar surface area (TPSA) is 56.8 Å². The maximum atomic E-state index is 11.8. The maximum absolute atomic E-state index is 11.8. The Morgan fingerprint density at radius 2 is 1.90 bits per heavy atom. The monoisotopic (exact) mass is 463 g/mol. The Hall–Kier alpha value is -2.22. The number of hydrogen-bond donors (Lipinski definition) is 1. The van der Waals surface area contributed by atoms with Crippen LogP contribution in [-0.4, -0.2) is 30.6 Å². The van der Waals surface area contributed by atoms with Gasteiger partial charge in [-0.2, -0.15) is 0 Å². The number of halogens is 1. The lowest BCUT2D eigenvalue weighted by atomic mass is 10.1. The second-order valence-corrected chi connectivity index (χ2v) is 8.83. The van der Waals surface area contributed by atoms with Crippen LogP contribution >= 0.6 is 35.6 Å². The summed E-state index contributed by atoms with van der Waals surface area (Å²) in [6, 6.07) is 9.60. The van der Waals surface area contributed by atoms with Gasteiger partial charge in [0, 0.05) is 6.42 Å². The average molecular weight is 464 g/mol. The third-order valence-electron chi connectivity index (χ3n) is 4.31. The van der Waals surface area contributed by atoms with Crippen molar-refractivity contribution in [3.05, 3.63) is 56.9 Å². The molecule has 0 radical (unpaired) electrons. The third kappa shape index (κ3) is 5.68. The van der Waals surface area contributed by atoms with Crippen LogP contribution in [0.2, 0.25) is 5.02 Å². The molecule has 1 aliphatic heterocycles. The number of rotatable bonds is 8. The summed E-state index contributed by atoms with van der Waals surface area (Å²) < 4.78 is 17.5. The zero-order valence-corrected chi connectivity index (χ0v) is 19.3. The van der Waals surface area contributed by atoms with E-state index < -0.39 is 0 Å². The molecule has 0 saturated carbocycles. The first-order valence-electron chi connectivity index (χ1n) is 9.32. The van der Waals surface area contributed by atoms with Crippen LogP contribution in [0, 0.1) is 13.8 Å². The maximum Gasteiger partial charge on any atom is 0.263 e. The summed E-state index contributed by atoms with van der Waals surface area (Å²) in [5, 5.41) is 2.99. The number of benzene rings is 2. The van der Waals surface area contributed by atoms with Gasteiger partial charge >= 0.3 is 0 Å². The molecule has 30 heavy (non-hydrogen) atoms. The Morgan fingerprint density at radius 3 is 2.57 bits per heavy atom. The van der Waals surface area contributed by atoms with Gasteiger partial charge in [-0.05, 0) is 49.2 Å². The third-order valence-corrected chi connectivity index (χ3v) is 5.76. The van der Waals surface area contributed by atoms with Crippen molar-refractivity contribution in [2.24, 2.45) is 0 Å². The number of nitrogens with one attached hydrogen (secondary N) is 1. The normalized spacial score (nSPS) is 14.7. The fraction of sp³-hybridized carbons (Fsp3) is 0.273. The minimum Gasteiger partial charge on any atom is -0.493 e. The zero-order valence-electron chi connectivity index (χ0n) is 16.9. The van der Waals surface area contributed by atoms with E-state index in [-0.39, 0.29) is 5.91 Å².